The Labute approximate surface area is 110 Å². The number of aliphatic hydroxyl groups excluding tert-OH is 2. The third-order valence-corrected chi connectivity index (χ3v) is 2.11. The Morgan fingerprint density at radius 2 is 1.29 bits per heavy atom. The molecule has 0 saturated heterocycles. The summed E-state index contributed by atoms with van der Waals surface area (Å²) >= 11 is 3.31. The third-order valence-electron chi connectivity index (χ3n) is 1.58. The summed E-state index contributed by atoms with van der Waals surface area (Å²) in [5.74, 6) is 0. The molecule has 0 atom stereocenters. The first-order chi connectivity index (χ1) is 8.31. The van der Waals surface area contributed by atoms with Gasteiger partial charge in [-0.25, -0.2) is 0 Å². The fraction of sp³-hybridized carbons (Fsp3) is 0.500. The molecule has 0 heterocycles. The molecule has 0 saturated carbocycles. The molecule has 0 aliphatic rings. The van der Waals surface area contributed by atoms with Crippen LogP contribution in [0.3, 0.4) is 0 Å². The molecule has 0 radical (unpaired) electrons. The summed E-state index contributed by atoms with van der Waals surface area (Å²) in [6.07, 6.45) is 0. The van der Waals surface area contributed by atoms with Gasteiger partial charge >= 0.3 is 0 Å². The van der Waals surface area contributed by atoms with Crippen molar-refractivity contribution >= 4 is 15.9 Å². The average Bonchev–Trinajstić information content (AvgIpc) is 2.35. The number of aliphatic hydroxyl groups is 2. The highest BCUT2D eigenvalue weighted by molar-refractivity contribution is 9.10. The molecule has 0 spiro atoms. The summed E-state index contributed by atoms with van der Waals surface area (Å²) in [6, 6.07) is 9.97. The molecule has 0 amide bonds. The van der Waals surface area contributed by atoms with Crippen molar-refractivity contribution < 1.29 is 19.7 Å². The molecule has 0 bridgehead atoms. The third kappa shape index (κ3) is 13.5. The van der Waals surface area contributed by atoms with Crippen molar-refractivity contribution in [1.29, 1.82) is 0 Å². The van der Waals surface area contributed by atoms with Gasteiger partial charge in [0.25, 0.3) is 0 Å². The van der Waals surface area contributed by atoms with Crippen molar-refractivity contribution in [3.8, 4) is 0 Å². The van der Waals surface area contributed by atoms with Crippen molar-refractivity contribution in [2.75, 3.05) is 39.6 Å². The van der Waals surface area contributed by atoms with Crippen molar-refractivity contribution in [1.82, 2.24) is 0 Å². The second kappa shape index (κ2) is 13.6. The van der Waals surface area contributed by atoms with E-state index in [1.54, 1.807) is 0 Å². The minimum atomic E-state index is 0.0417. The number of halogens is 1. The van der Waals surface area contributed by atoms with E-state index < -0.39 is 0 Å². The Hall–Kier alpha value is -0.460. The molecule has 0 aliphatic carbocycles. The van der Waals surface area contributed by atoms with Crippen LogP contribution in [-0.2, 0) is 9.47 Å². The molecule has 0 aliphatic heterocycles. The van der Waals surface area contributed by atoms with Gasteiger partial charge in [0.2, 0.25) is 0 Å². The normalized spacial score (nSPS) is 9.59. The molecule has 2 N–H and O–H groups in total. The number of rotatable bonds is 7. The predicted octanol–water partition coefficient (Wildman–Crippen LogP) is 1.45. The van der Waals surface area contributed by atoms with Crippen molar-refractivity contribution in [3.63, 3.8) is 0 Å². The Kier molecular flexibility index (Phi) is 13.2. The topological polar surface area (TPSA) is 58.9 Å². The molecule has 0 unspecified atom stereocenters. The maximum Gasteiger partial charge on any atom is 0.0701 e. The van der Waals surface area contributed by atoms with E-state index in [4.69, 9.17) is 19.7 Å². The van der Waals surface area contributed by atoms with Crippen molar-refractivity contribution in [2.45, 2.75) is 0 Å². The lowest BCUT2D eigenvalue weighted by Crippen LogP contribution is -2.09. The monoisotopic (exact) mass is 306 g/mol. The summed E-state index contributed by atoms with van der Waals surface area (Å²) in [5, 5.41) is 16.5. The number of ether oxygens (including phenoxy) is 2. The van der Waals surface area contributed by atoms with Crippen LogP contribution in [-0.4, -0.2) is 49.9 Å². The number of hydrogen-bond acceptors (Lipinski definition) is 4. The van der Waals surface area contributed by atoms with Crippen LogP contribution in [0.25, 0.3) is 0 Å². The highest BCUT2D eigenvalue weighted by atomic mass is 79.9. The number of benzene rings is 1. The van der Waals surface area contributed by atoms with E-state index in [9.17, 15) is 0 Å². The van der Waals surface area contributed by atoms with Crippen molar-refractivity contribution in [3.05, 3.63) is 34.8 Å². The first kappa shape index (κ1) is 16.5. The van der Waals surface area contributed by atoms with Crippen molar-refractivity contribution in [2.24, 2.45) is 0 Å². The quantitative estimate of drug-likeness (QED) is 0.749. The lowest BCUT2D eigenvalue weighted by molar-refractivity contribution is 0.0222. The van der Waals surface area contributed by atoms with Gasteiger partial charge in [-0.3, -0.25) is 0 Å². The first-order valence-corrected chi connectivity index (χ1v) is 6.18. The fourth-order valence-electron chi connectivity index (χ4n) is 0.866. The van der Waals surface area contributed by atoms with Gasteiger partial charge < -0.3 is 19.7 Å². The minimum absolute atomic E-state index is 0.0417. The summed E-state index contributed by atoms with van der Waals surface area (Å²) in [7, 11) is 0. The van der Waals surface area contributed by atoms with E-state index in [1.165, 1.54) is 0 Å². The molecule has 4 nitrogen and oxygen atoms in total. The lowest BCUT2D eigenvalue weighted by atomic mass is 10.4. The van der Waals surface area contributed by atoms with Crippen LogP contribution in [0.2, 0.25) is 0 Å². The van der Waals surface area contributed by atoms with Crippen LogP contribution in [0.5, 0.6) is 0 Å². The SMILES string of the molecule is Brc1ccccc1.OCCOCCOCCO. The summed E-state index contributed by atoms with van der Waals surface area (Å²) < 4.78 is 10.9. The van der Waals surface area contributed by atoms with Crippen LogP contribution in [0.4, 0.5) is 0 Å². The Morgan fingerprint density at radius 3 is 1.59 bits per heavy atom. The Bertz CT molecular complexity index is 236. The van der Waals surface area contributed by atoms with E-state index in [0.29, 0.717) is 26.4 Å². The van der Waals surface area contributed by atoms with E-state index in [0.717, 1.165) is 4.47 Å². The van der Waals surface area contributed by atoms with E-state index in [2.05, 4.69) is 15.9 Å². The van der Waals surface area contributed by atoms with Gasteiger partial charge in [-0.1, -0.05) is 34.1 Å². The van der Waals surface area contributed by atoms with Crippen LogP contribution in [0.15, 0.2) is 34.8 Å². The molecule has 1 aromatic carbocycles. The first-order valence-electron chi connectivity index (χ1n) is 5.39. The van der Waals surface area contributed by atoms with Gasteiger partial charge in [0, 0.05) is 4.47 Å². The summed E-state index contributed by atoms with van der Waals surface area (Å²) in [4.78, 5) is 0. The molecule has 0 fully saturated rings. The Morgan fingerprint density at radius 1 is 0.824 bits per heavy atom. The van der Waals surface area contributed by atoms with Gasteiger partial charge in [0.15, 0.2) is 0 Å². The molecule has 1 rings (SSSR count). The van der Waals surface area contributed by atoms with Gasteiger partial charge in [-0.05, 0) is 12.1 Å². The molecular weight excluding hydrogens is 288 g/mol. The predicted molar refractivity (Wildman–Crippen MR) is 70.0 cm³/mol. The maximum atomic E-state index is 8.26. The maximum absolute atomic E-state index is 8.26. The molecule has 1 aromatic rings. The van der Waals surface area contributed by atoms with Gasteiger partial charge in [-0.15, -0.1) is 0 Å². The molecule has 98 valence electrons. The molecule has 5 heteroatoms. The molecular formula is C12H19BrO4. The molecule has 17 heavy (non-hydrogen) atoms. The zero-order chi connectivity index (χ0) is 12.8. The van der Waals surface area contributed by atoms with E-state index in [-0.39, 0.29) is 13.2 Å². The zero-order valence-electron chi connectivity index (χ0n) is 9.72. The van der Waals surface area contributed by atoms with E-state index in [1.807, 2.05) is 30.3 Å². The van der Waals surface area contributed by atoms with Gasteiger partial charge in [-0.2, -0.15) is 0 Å². The smallest absolute Gasteiger partial charge is 0.0701 e. The highest BCUT2D eigenvalue weighted by Gasteiger charge is 1.86. The summed E-state index contributed by atoms with van der Waals surface area (Å²) in [6.45, 7) is 1.73. The molecule has 0 aromatic heterocycles. The van der Waals surface area contributed by atoms with Crippen LogP contribution >= 0.6 is 15.9 Å². The highest BCUT2D eigenvalue weighted by Crippen LogP contribution is 2.05. The average molecular weight is 307 g/mol. The summed E-state index contributed by atoms with van der Waals surface area (Å²) in [5.41, 5.74) is 0. The van der Waals surface area contributed by atoms with Crippen LogP contribution in [0, 0.1) is 0 Å². The van der Waals surface area contributed by atoms with Gasteiger partial charge in [0.1, 0.15) is 0 Å². The second-order valence-corrected chi connectivity index (χ2v) is 3.88. The largest absolute Gasteiger partial charge is 0.394 e. The second-order valence-electron chi connectivity index (χ2n) is 2.97. The lowest BCUT2D eigenvalue weighted by Gasteiger charge is -2.01. The van der Waals surface area contributed by atoms with E-state index >= 15 is 0 Å². The Balaban J connectivity index is 0.000000318. The zero-order valence-corrected chi connectivity index (χ0v) is 11.3. The standard InChI is InChI=1S/C6H5Br.C6H14O4/c7-6-4-2-1-3-5-6;7-1-3-9-5-6-10-4-2-8/h1-5H;7-8H,1-6H2. The van der Waals surface area contributed by atoms with Crippen LogP contribution < -0.4 is 0 Å². The van der Waals surface area contributed by atoms with Crippen LogP contribution in [0.1, 0.15) is 0 Å². The van der Waals surface area contributed by atoms with Gasteiger partial charge in [0.05, 0.1) is 39.6 Å². The fourth-order valence-corrected chi connectivity index (χ4v) is 1.17. The number of hydrogen-bond donors (Lipinski definition) is 2. The minimum Gasteiger partial charge on any atom is -0.394 e.